The zero-order chi connectivity index (χ0) is 30.3. The van der Waals surface area contributed by atoms with Gasteiger partial charge < -0.3 is 20.5 Å². The summed E-state index contributed by atoms with van der Waals surface area (Å²) in [6.07, 6.45) is 8.04. The molecule has 3 N–H and O–H groups in total. The van der Waals surface area contributed by atoms with E-state index in [1.54, 1.807) is 31.2 Å². The molecule has 10 heteroatoms. The minimum absolute atomic E-state index is 0.251. The summed E-state index contributed by atoms with van der Waals surface area (Å²) in [5, 5.41) is 15.4. The Morgan fingerprint density at radius 2 is 1.72 bits per heavy atom. The minimum Gasteiger partial charge on any atom is -0.481 e. The summed E-state index contributed by atoms with van der Waals surface area (Å²) in [4.78, 5) is 53.5. The number of rotatable bonds is 10. The Morgan fingerprint density at radius 1 is 0.977 bits per heavy atom. The molecule has 3 unspecified atom stereocenters. The molecule has 1 heterocycles. The van der Waals surface area contributed by atoms with Crippen molar-refractivity contribution in [2.45, 2.75) is 55.6 Å². The van der Waals surface area contributed by atoms with E-state index in [-0.39, 0.29) is 18.4 Å². The zero-order valence-corrected chi connectivity index (χ0v) is 25.5. The number of nitrogens with one attached hydrogen (secondary N) is 2. The first kappa shape index (κ1) is 30.6. The van der Waals surface area contributed by atoms with Crippen molar-refractivity contribution in [3.05, 3.63) is 88.3 Å². The normalized spacial score (nSPS) is 18.3. The van der Waals surface area contributed by atoms with Crippen LogP contribution < -0.4 is 10.6 Å². The fraction of sp³-hybridized carbons (Fsp3) is 0.333. The van der Waals surface area contributed by atoms with Crippen LogP contribution in [0.3, 0.4) is 0 Å². The topological polar surface area (TPSA) is 122 Å². The third-order valence-electron chi connectivity index (χ3n) is 7.67. The average molecular weight is 619 g/mol. The molecule has 224 valence electrons. The van der Waals surface area contributed by atoms with E-state index in [2.05, 4.69) is 10.6 Å². The molecular weight excluding hydrogens is 585 g/mol. The largest absolute Gasteiger partial charge is 0.481 e. The molecule has 0 bridgehead atoms. The van der Waals surface area contributed by atoms with Gasteiger partial charge in [-0.1, -0.05) is 48.6 Å². The smallest absolute Gasteiger partial charge is 0.341 e. The quantitative estimate of drug-likeness (QED) is 0.129. The lowest BCUT2D eigenvalue weighted by Crippen LogP contribution is -2.34. The summed E-state index contributed by atoms with van der Waals surface area (Å²) < 4.78 is 5.36. The summed E-state index contributed by atoms with van der Waals surface area (Å²) in [5.41, 5.74) is 2.76. The Balaban J connectivity index is 1.38. The van der Waals surface area contributed by atoms with Gasteiger partial charge in [0.2, 0.25) is 11.8 Å². The zero-order valence-electron chi connectivity index (χ0n) is 23.8. The lowest BCUT2D eigenvalue weighted by molar-refractivity contribution is -0.146. The van der Waals surface area contributed by atoms with Crippen molar-refractivity contribution >= 4 is 57.5 Å². The van der Waals surface area contributed by atoms with Gasteiger partial charge in [0, 0.05) is 15.5 Å². The number of thioether (sulfide) groups is 1. The number of carboxylic acid groups (broad SMARTS) is 1. The number of amides is 2. The molecule has 2 aromatic carbocycles. The number of benzene rings is 2. The van der Waals surface area contributed by atoms with Crippen LogP contribution in [0, 0.1) is 11.8 Å². The summed E-state index contributed by atoms with van der Waals surface area (Å²) in [6.45, 7) is 2.02. The molecule has 0 spiro atoms. The maximum Gasteiger partial charge on any atom is 0.341 e. The number of aliphatic carboxylic acids is 1. The van der Waals surface area contributed by atoms with Crippen molar-refractivity contribution in [2.75, 3.05) is 17.2 Å². The predicted octanol–water partition coefficient (Wildman–Crippen LogP) is 6.88. The minimum atomic E-state index is -0.983. The highest BCUT2D eigenvalue weighted by Gasteiger charge is 2.34. The second kappa shape index (κ2) is 14.1. The van der Waals surface area contributed by atoms with Gasteiger partial charge >= 0.3 is 11.9 Å². The van der Waals surface area contributed by atoms with Crippen LogP contribution in [0.1, 0.15) is 64.2 Å². The van der Waals surface area contributed by atoms with Crippen LogP contribution in [0.15, 0.2) is 71.6 Å². The number of esters is 1. The summed E-state index contributed by atoms with van der Waals surface area (Å²) in [6, 6.07) is 16.6. The van der Waals surface area contributed by atoms with E-state index >= 15 is 0 Å². The average Bonchev–Trinajstić information content (AvgIpc) is 3.38. The SMILES string of the molecule is CCOC(=O)c1c(NC(=O)C(Sc2cccc(NC(=O)C3CC=CCC3C(=O)O)c2)c2ccccc2)sc2c1CCCC2. The van der Waals surface area contributed by atoms with E-state index in [1.807, 2.05) is 42.5 Å². The lowest BCUT2D eigenvalue weighted by Gasteiger charge is -2.24. The number of carbonyl (C=O) groups excluding carboxylic acids is 3. The molecule has 2 aliphatic carbocycles. The highest BCUT2D eigenvalue weighted by molar-refractivity contribution is 8.00. The van der Waals surface area contributed by atoms with Gasteiger partial charge in [-0.2, -0.15) is 0 Å². The van der Waals surface area contributed by atoms with Gasteiger partial charge in [-0.25, -0.2) is 4.79 Å². The molecule has 3 atom stereocenters. The first-order valence-corrected chi connectivity index (χ1v) is 16.2. The lowest BCUT2D eigenvalue weighted by atomic mass is 9.82. The van der Waals surface area contributed by atoms with E-state index in [1.165, 1.54) is 23.1 Å². The second-order valence-electron chi connectivity index (χ2n) is 10.5. The van der Waals surface area contributed by atoms with E-state index in [4.69, 9.17) is 4.74 Å². The number of aryl methyl sites for hydroxylation is 1. The van der Waals surface area contributed by atoms with Gasteiger partial charge in [0.05, 0.1) is 24.0 Å². The number of hydrogen-bond acceptors (Lipinski definition) is 7. The molecule has 1 aromatic heterocycles. The molecule has 0 radical (unpaired) electrons. The van der Waals surface area contributed by atoms with Crippen molar-refractivity contribution < 1.29 is 29.0 Å². The molecule has 0 aliphatic heterocycles. The maximum atomic E-state index is 13.9. The fourth-order valence-electron chi connectivity index (χ4n) is 5.55. The number of allylic oxidation sites excluding steroid dienone is 2. The van der Waals surface area contributed by atoms with Gasteiger partial charge in [0.1, 0.15) is 10.3 Å². The van der Waals surface area contributed by atoms with E-state index in [0.29, 0.717) is 29.1 Å². The van der Waals surface area contributed by atoms with Crippen LogP contribution >= 0.6 is 23.1 Å². The van der Waals surface area contributed by atoms with Gasteiger partial charge in [-0.05, 0) is 74.8 Å². The number of hydrogen-bond donors (Lipinski definition) is 3. The first-order valence-electron chi connectivity index (χ1n) is 14.5. The van der Waals surface area contributed by atoms with Crippen molar-refractivity contribution in [3.8, 4) is 0 Å². The molecule has 2 aliphatic rings. The second-order valence-corrected chi connectivity index (χ2v) is 12.8. The van der Waals surface area contributed by atoms with Gasteiger partial charge in [0.15, 0.2) is 0 Å². The molecule has 0 saturated heterocycles. The van der Waals surface area contributed by atoms with Gasteiger partial charge in [0.25, 0.3) is 0 Å². The number of ether oxygens (including phenoxy) is 1. The van der Waals surface area contributed by atoms with E-state index < -0.39 is 29.0 Å². The number of carbonyl (C=O) groups is 4. The fourth-order valence-corrected chi connectivity index (χ4v) is 7.91. The monoisotopic (exact) mass is 618 g/mol. The predicted molar refractivity (Wildman–Crippen MR) is 169 cm³/mol. The number of fused-ring (bicyclic) bond motifs is 1. The van der Waals surface area contributed by atoms with Crippen LogP contribution in [-0.2, 0) is 32.0 Å². The van der Waals surface area contributed by atoms with Gasteiger partial charge in [-0.3, -0.25) is 14.4 Å². The molecule has 43 heavy (non-hydrogen) atoms. The molecule has 0 saturated carbocycles. The Bertz CT molecular complexity index is 1530. The van der Waals surface area contributed by atoms with Crippen molar-refractivity contribution in [1.82, 2.24) is 0 Å². The number of carboxylic acids is 1. The highest BCUT2D eigenvalue weighted by Crippen LogP contribution is 2.42. The Morgan fingerprint density at radius 3 is 2.47 bits per heavy atom. The van der Waals surface area contributed by atoms with Crippen LogP contribution in [0.25, 0.3) is 0 Å². The van der Waals surface area contributed by atoms with Crippen molar-refractivity contribution in [3.63, 3.8) is 0 Å². The molecular formula is C33H34N2O6S2. The Hall–Kier alpha value is -3.89. The van der Waals surface area contributed by atoms with Crippen LogP contribution in [0.5, 0.6) is 0 Å². The van der Waals surface area contributed by atoms with E-state index in [0.717, 1.165) is 46.6 Å². The standard InChI is InChI=1S/C33H34N2O6S2/c1-2-41-33(40)27-25-17-8-9-18-26(25)43-31(27)35-30(37)28(20-11-4-3-5-12-20)42-22-14-10-13-21(19-22)34-29(36)23-15-6-7-16-24(23)32(38)39/h3-7,10-14,19,23-24,28H,2,8-9,15-18H2,1H3,(H,34,36)(H,35,37)(H,38,39). The third-order valence-corrected chi connectivity index (χ3v) is 10.1. The summed E-state index contributed by atoms with van der Waals surface area (Å²) in [5.74, 6) is -3.44. The maximum absolute atomic E-state index is 13.9. The van der Waals surface area contributed by atoms with Gasteiger partial charge in [-0.15, -0.1) is 23.1 Å². The number of anilines is 2. The third kappa shape index (κ3) is 7.19. The van der Waals surface area contributed by atoms with Crippen LogP contribution in [0.2, 0.25) is 0 Å². The first-order chi connectivity index (χ1) is 20.9. The van der Waals surface area contributed by atoms with E-state index in [9.17, 15) is 24.3 Å². The summed E-state index contributed by atoms with van der Waals surface area (Å²) in [7, 11) is 0. The number of thiophene rings is 1. The van der Waals surface area contributed by atoms with Crippen LogP contribution in [0.4, 0.5) is 10.7 Å². The van der Waals surface area contributed by atoms with Crippen molar-refractivity contribution in [1.29, 1.82) is 0 Å². The molecule has 2 amide bonds. The molecule has 0 fully saturated rings. The Labute approximate surface area is 258 Å². The van der Waals surface area contributed by atoms with Crippen LogP contribution in [-0.4, -0.2) is 35.5 Å². The molecule has 8 nitrogen and oxygen atoms in total. The molecule has 3 aromatic rings. The Kier molecular flexibility index (Phi) is 9.99. The molecule has 5 rings (SSSR count). The summed E-state index contributed by atoms with van der Waals surface area (Å²) >= 11 is 2.78. The highest BCUT2D eigenvalue weighted by atomic mass is 32.2. The van der Waals surface area contributed by atoms with Crippen molar-refractivity contribution in [2.24, 2.45) is 11.8 Å².